The number of carboxylic acids is 3. The van der Waals surface area contributed by atoms with E-state index in [-0.39, 0.29) is 75.6 Å². The fraction of sp³-hybridized carbons (Fsp3) is 0.459. The highest BCUT2D eigenvalue weighted by Crippen LogP contribution is 2.29. The van der Waals surface area contributed by atoms with Crippen LogP contribution >= 0.6 is 0 Å². The number of hydrogen-bond acceptors (Lipinski definition) is 16. The van der Waals surface area contributed by atoms with Gasteiger partial charge >= 0.3 is 29.8 Å². The molecule has 19 heteroatoms. The first-order chi connectivity index (χ1) is 26.7. The van der Waals surface area contributed by atoms with Gasteiger partial charge < -0.3 is 48.9 Å². The lowest BCUT2D eigenvalue weighted by Gasteiger charge is -2.33. The van der Waals surface area contributed by atoms with Gasteiger partial charge in [-0.15, -0.1) is 11.0 Å². The Morgan fingerprint density at radius 3 is 1.39 bits per heavy atom. The van der Waals surface area contributed by atoms with Crippen LogP contribution in [-0.2, 0) is 65.9 Å². The summed E-state index contributed by atoms with van der Waals surface area (Å²) in [7, 11) is 0. The van der Waals surface area contributed by atoms with E-state index in [9.17, 15) is 38.4 Å². The van der Waals surface area contributed by atoms with E-state index < -0.39 is 60.0 Å². The molecule has 0 aromatic heterocycles. The third-order valence-electron chi connectivity index (χ3n) is 7.72. The Labute approximate surface area is 321 Å². The van der Waals surface area contributed by atoms with Crippen LogP contribution in [0.1, 0.15) is 76.3 Å². The molecule has 0 bridgehead atoms. The van der Waals surface area contributed by atoms with E-state index in [1.165, 1.54) is 24.3 Å². The lowest BCUT2D eigenvalue weighted by Crippen LogP contribution is -2.51. The van der Waals surface area contributed by atoms with E-state index in [2.05, 4.69) is 16.4 Å². The molecule has 0 aliphatic heterocycles. The van der Waals surface area contributed by atoms with Crippen molar-refractivity contribution in [2.24, 2.45) is 5.92 Å². The summed E-state index contributed by atoms with van der Waals surface area (Å²) in [6, 6.07) is 9.39. The van der Waals surface area contributed by atoms with Gasteiger partial charge in [0.15, 0.2) is 5.60 Å². The third-order valence-corrected chi connectivity index (χ3v) is 7.72. The lowest BCUT2D eigenvalue weighted by molar-refractivity contribution is -0.198. The average molecular weight is 790 g/mol. The largest absolute Gasteiger partial charge is 0.481 e. The Balaban J connectivity index is 2.15. The Bertz CT molecular complexity index is 1600. The molecule has 4 atom stereocenters. The average Bonchev–Trinajstić information content (AvgIpc) is 3.16. The molecule has 56 heavy (non-hydrogen) atoms. The van der Waals surface area contributed by atoms with E-state index in [0.29, 0.717) is 30.0 Å². The summed E-state index contributed by atoms with van der Waals surface area (Å²) in [5.41, 5.74) is 6.34. The van der Waals surface area contributed by atoms with Gasteiger partial charge in [-0.1, -0.05) is 38.1 Å². The molecule has 0 aliphatic carbocycles. The zero-order valence-electron chi connectivity index (χ0n) is 30.9. The van der Waals surface area contributed by atoms with E-state index >= 15 is 0 Å². The molecule has 0 saturated heterocycles. The molecule has 6 N–H and O–H groups in total. The Kier molecular flexibility index (Phi) is 20.4. The third kappa shape index (κ3) is 18.0. The molecular formula is C37H47N3O16. The van der Waals surface area contributed by atoms with E-state index in [4.69, 9.17) is 39.3 Å². The van der Waals surface area contributed by atoms with Gasteiger partial charge in [0.1, 0.15) is 43.6 Å². The maximum Gasteiger partial charge on any atom is 0.341 e. The van der Waals surface area contributed by atoms with Gasteiger partial charge in [-0.3, -0.25) is 24.0 Å². The SMILES string of the molecule is CC(C)CC(CC(=O)OCc1ccc(ON[C@@H](C=O)CCC(=O)O)cc1)(ON[C@@H](C=O)CCC(=O)O)C(=O)OCc1ccc(ON[C@@H](C=O)CCC(=O)O)cc1. The number of carbonyl (C=O) groups is 8. The van der Waals surface area contributed by atoms with Crippen LogP contribution in [0.3, 0.4) is 0 Å². The standard InChI is InChI=1S/C37H47N3O16/c1-24(2)17-37(56-40-29(21-43)9-16-34(48)49,36(51)53-23-26-5-12-31(13-6-26)55-39-28(20-42)8-15-33(46)47)18-35(50)52-22-25-3-10-30(11-4-25)54-38-27(19-41)7-14-32(44)45/h3-6,10-13,19-21,24,27-29,38-40H,7-9,14-18,22-23H2,1-2H3,(H,44,45)(H,46,47)(H,48,49)/t27-,28-,29-,37?/m1/s1. The van der Waals surface area contributed by atoms with Crippen molar-refractivity contribution in [3.63, 3.8) is 0 Å². The van der Waals surface area contributed by atoms with Gasteiger partial charge in [0, 0.05) is 19.3 Å². The summed E-state index contributed by atoms with van der Waals surface area (Å²) >= 11 is 0. The Morgan fingerprint density at radius 2 is 1.02 bits per heavy atom. The molecule has 2 aromatic carbocycles. The van der Waals surface area contributed by atoms with Crippen molar-refractivity contribution in [2.75, 3.05) is 0 Å². The molecule has 1 unspecified atom stereocenters. The van der Waals surface area contributed by atoms with Crippen molar-refractivity contribution in [3.8, 4) is 11.5 Å². The Hall–Kier alpha value is -5.76. The van der Waals surface area contributed by atoms with Crippen LogP contribution < -0.4 is 26.1 Å². The number of esters is 2. The topological polar surface area (TPSA) is 279 Å². The van der Waals surface area contributed by atoms with Crippen molar-refractivity contribution in [1.82, 2.24) is 16.4 Å². The van der Waals surface area contributed by atoms with Crippen LogP contribution in [0.15, 0.2) is 48.5 Å². The molecule has 0 fully saturated rings. The molecule has 0 saturated carbocycles. The molecule has 0 spiro atoms. The number of carbonyl (C=O) groups excluding carboxylic acids is 5. The predicted molar refractivity (Wildman–Crippen MR) is 191 cm³/mol. The highest BCUT2D eigenvalue weighted by Gasteiger charge is 2.46. The van der Waals surface area contributed by atoms with Gasteiger partial charge in [-0.05, 0) is 67.0 Å². The highest BCUT2D eigenvalue weighted by atomic mass is 16.7. The second kappa shape index (κ2) is 24.6. The lowest BCUT2D eigenvalue weighted by atomic mass is 9.89. The molecule has 306 valence electrons. The fourth-order valence-electron chi connectivity index (χ4n) is 4.82. The summed E-state index contributed by atoms with van der Waals surface area (Å²) in [4.78, 5) is 110. The smallest absolute Gasteiger partial charge is 0.341 e. The number of benzene rings is 2. The van der Waals surface area contributed by atoms with Gasteiger partial charge in [-0.2, -0.15) is 5.48 Å². The van der Waals surface area contributed by atoms with Gasteiger partial charge in [0.05, 0.1) is 24.5 Å². The molecule has 0 heterocycles. The van der Waals surface area contributed by atoms with E-state index in [0.717, 1.165) is 0 Å². The first-order valence-electron chi connectivity index (χ1n) is 17.5. The van der Waals surface area contributed by atoms with Gasteiger partial charge in [-0.25, -0.2) is 4.79 Å². The maximum atomic E-state index is 13.8. The molecule has 0 radical (unpaired) electrons. The number of aldehydes is 3. The van der Waals surface area contributed by atoms with E-state index in [1.807, 2.05) is 0 Å². The maximum absolute atomic E-state index is 13.8. The van der Waals surface area contributed by atoms with Crippen LogP contribution in [0.2, 0.25) is 0 Å². The van der Waals surface area contributed by atoms with Crippen LogP contribution in [0, 0.1) is 5.92 Å². The molecule has 2 rings (SSSR count). The first kappa shape index (κ1) is 46.4. The number of hydrogen-bond donors (Lipinski definition) is 6. The second-order valence-electron chi connectivity index (χ2n) is 13.0. The summed E-state index contributed by atoms with van der Waals surface area (Å²) in [6.45, 7) is 2.97. The number of nitrogens with one attached hydrogen (secondary N) is 3. The zero-order chi connectivity index (χ0) is 41.5. The first-order valence-corrected chi connectivity index (χ1v) is 17.5. The van der Waals surface area contributed by atoms with Crippen molar-refractivity contribution in [2.45, 2.75) is 102 Å². The minimum Gasteiger partial charge on any atom is -0.481 e. The van der Waals surface area contributed by atoms with Crippen LogP contribution in [0.4, 0.5) is 0 Å². The van der Waals surface area contributed by atoms with Gasteiger partial charge in [0.25, 0.3) is 0 Å². The van der Waals surface area contributed by atoms with Crippen LogP contribution in [0.25, 0.3) is 0 Å². The molecule has 0 aliphatic rings. The van der Waals surface area contributed by atoms with Crippen LogP contribution in [0.5, 0.6) is 11.5 Å². The summed E-state index contributed by atoms with van der Waals surface area (Å²) in [5, 5.41) is 26.7. The summed E-state index contributed by atoms with van der Waals surface area (Å²) in [6.07, 6.45) is -0.345. The number of hydroxylamine groups is 3. The zero-order valence-corrected chi connectivity index (χ0v) is 30.9. The molecule has 0 amide bonds. The minimum atomic E-state index is -2.04. The number of carboxylic acid groups (broad SMARTS) is 3. The number of ether oxygens (including phenoxy) is 2. The number of rotatable bonds is 30. The van der Waals surface area contributed by atoms with E-state index in [1.54, 1.807) is 38.1 Å². The van der Waals surface area contributed by atoms with Crippen molar-refractivity contribution in [3.05, 3.63) is 59.7 Å². The van der Waals surface area contributed by atoms with Crippen LogP contribution in [-0.4, -0.2) is 87.8 Å². The highest BCUT2D eigenvalue weighted by molar-refractivity contribution is 5.86. The number of aliphatic carboxylic acids is 3. The molecular weight excluding hydrogens is 742 g/mol. The predicted octanol–water partition coefficient (Wildman–Crippen LogP) is 2.23. The van der Waals surface area contributed by atoms with Gasteiger partial charge in [0.2, 0.25) is 0 Å². The van der Waals surface area contributed by atoms with Crippen molar-refractivity contribution < 1.29 is 77.7 Å². The summed E-state index contributed by atoms with van der Waals surface area (Å²) < 4.78 is 11.1. The fourth-order valence-corrected chi connectivity index (χ4v) is 4.82. The normalized spacial score (nSPS) is 13.6. The second-order valence-corrected chi connectivity index (χ2v) is 13.0. The van der Waals surface area contributed by atoms with Crippen molar-refractivity contribution in [1.29, 1.82) is 0 Å². The summed E-state index contributed by atoms with van der Waals surface area (Å²) in [5.74, 6) is -4.88. The quantitative estimate of drug-likeness (QED) is 0.0376. The minimum absolute atomic E-state index is 0.00750. The molecule has 2 aromatic rings. The van der Waals surface area contributed by atoms with Crippen molar-refractivity contribution >= 4 is 48.7 Å². The Morgan fingerprint density at radius 1 is 0.625 bits per heavy atom. The monoisotopic (exact) mass is 789 g/mol. The molecule has 19 nitrogen and oxygen atoms in total.